The van der Waals surface area contributed by atoms with E-state index in [4.69, 9.17) is 0 Å². The van der Waals surface area contributed by atoms with Crippen molar-refractivity contribution in [3.63, 3.8) is 0 Å². The molecule has 0 radical (unpaired) electrons. The third-order valence-corrected chi connectivity index (χ3v) is 12.9. The van der Waals surface area contributed by atoms with E-state index in [0.29, 0.717) is 0 Å². The molecule has 0 unspecified atom stereocenters. The molecule has 0 fully saturated rings. The fourth-order valence-corrected chi connectivity index (χ4v) is 15.2. The molecule has 188 valence electrons. The van der Waals surface area contributed by atoms with Crippen molar-refractivity contribution < 1.29 is 35.8 Å². The van der Waals surface area contributed by atoms with Crippen LogP contribution in [-0.4, -0.2) is 50.7 Å². The summed E-state index contributed by atoms with van der Waals surface area (Å²) in [4.78, 5) is 23.1. The van der Waals surface area contributed by atoms with Gasteiger partial charge >= 0.3 is 132 Å². The Morgan fingerprint density at radius 1 is 0.794 bits per heavy atom. The summed E-state index contributed by atoms with van der Waals surface area (Å²) in [5, 5.41) is 0. The van der Waals surface area contributed by atoms with Crippen LogP contribution >= 0.6 is 0 Å². The summed E-state index contributed by atoms with van der Waals surface area (Å²) in [5.41, 5.74) is 3.18. The first-order valence-electron chi connectivity index (χ1n) is 12.5. The molecule has 0 aromatic carbocycles. The Labute approximate surface area is 243 Å². The van der Waals surface area contributed by atoms with Gasteiger partial charge in [-0.05, 0) is 0 Å². The first kappa shape index (κ1) is 36.2. The molecule has 0 heterocycles. The van der Waals surface area contributed by atoms with E-state index in [1.807, 2.05) is 39.3 Å². The van der Waals surface area contributed by atoms with Crippen molar-refractivity contribution in [1.29, 1.82) is 0 Å². The summed E-state index contributed by atoms with van der Waals surface area (Å²) in [5.74, 6) is 0. The smallest absolute Gasteiger partial charge is 2.00 e. The Kier molecular flexibility index (Phi) is 21.5. The van der Waals surface area contributed by atoms with Gasteiger partial charge in [0.1, 0.15) is 0 Å². The standard InChI is InChI=1S/2C9H13.2C4H11NOSi.In.Zr.H/c2*1-2-3-6-9-7-4-5-8-9;2*1-7(2,3)4(5)6;;;/h2*4,7H,2-3,5-6H2,1H3;2*1-3H3,(H2,5,6);;;/q2*-1;;;2*+2;/p-2. The van der Waals surface area contributed by atoms with Crippen molar-refractivity contribution in [3.8, 4) is 0 Å². The number of carbonyl (C=O) groups excluding carboxylic acids is 2. The number of carbonyl (C=O) groups is 2. The largest absolute Gasteiger partial charge is 2.00 e. The minimum atomic E-state index is -1.72. The molecule has 0 atom stereocenters. The quantitative estimate of drug-likeness (QED) is 0.189. The van der Waals surface area contributed by atoms with Crippen LogP contribution in [0.15, 0.2) is 35.5 Å². The van der Waals surface area contributed by atoms with E-state index in [1.54, 1.807) is 0 Å². The number of rotatable bonds is 10. The number of hydrogen-bond acceptors (Lipinski definition) is 2. The number of allylic oxidation sites excluding steroid dienone is 8. The first-order valence-corrected chi connectivity index (χ1v) is 23.5. The van der Waals surface area contributed by atoms with Crippen LogP contribution in [0.25, 0.3) is 0 Å². The van der Waals surface area contributed by atoms with Crippen LogP contribution < -0.4 is 6.61 Å². The van der Waals surface area contributed by atoms with Gasteiger partial charge in [-0.3, -0.25) is 12.2 Å². The maximum atomic E-state index is 11.6. The SMILES string of the molecule is CCCCC1=[C-]CC=C1.CCCCC1=[C-]CC=C1.C[Si](C)(C)C(=O)[NH][InH][NH]C(=O)[Si](C)(C)C.[Zr+2]. The average molecular weight is 682 g/mol. The Morgan fingerprint density at radius 3 is 1.38 bits per heavy atom. The van der Waals surface area contributed by atoms with Crippen LogP contribution in [0, 0.1) is 12.2 Å². The Morgan fingerprint density at radius 2 is 1.15 bits per heavy atom. The second-order valence-corrected chi connectivity index (χ2v) is 23.4. The van der Waals surface area contributed by atoms with Gasteiger partial charge in [0, 0.05) is 0 Å². The van der Waals surface area contributed by atoms with Crippen molar-refractivity contribution in [2.24, 2.45) is 0 Å². The van der Waals surface area contributed by atoms with E-state index < -0.39 is 39.6 Å². The summed E-state index contributed by atoms with van der Waals surface area (Å²) < 4.78 is 5.90. The molecule has 0 aromatic heterocycles. The van der Waals surface area contributed by atoms with Crippen LogP contribution in [-0.2, 0) is 26.2 Å². The Hall–Kier alpha value is 0.0870. The maximum Gasteiger partial charge on any atom is 2.00 e. The molecular formula is C26H47InN2O2Si2Zr. The summed E-state index contributed by atoms with van der Waals surface area (Å²) >= 11 is -1.60. The van der Waals surface area contributed by atoms with E-state index >= 15 is 0 Å². The Balaban J connectivity index is 0. The van der Waals surface area contributed by atoms with Crippen LogP contribution in [0.2, 0.25) is 39.3 Å². The summed E-state index contributed by atoms with van der Waals surface area (Å²) in [6.45, 7) is 16.5. The predicted molar refractivity (Wildman–Crippen MR) is 151 cm³/mol. The number of unbranched alkanes of at least 4 members (excludes halogenated alkanes) is 2. The average Bonchev–Trinajstić information content (AvgIpc) is 3.44. The summed E-state index contributed by atoms with van der Waals surface area (Å²) in [7, 11) is -3.43. The van der Waals surface area contributed by atoms with Gasteiger partial charge in [-0.15, -0.1) is 12.8 Å². The molecule has 2 aliphatic carbocycles. The zero-order valence-electron chi connectivity index (χ0n) is 23.0. The van der Waals surface area contributed by atoms with Crippen molar-refractivity contribution in [3.05, 3.63) is 47.6 Å². The third-order valence-electron chi connectivity index (χ3n) is 4.99. The van der Waals surface area contributed by atoms with E-state index in [9.17, 15) is 9.59 Å². The van der Waals surface area contributed by atoms with E-state index in [0.717, 1.165) is 12.8 Å². The minimum absolute atomic E-state index is 0. The van der Waals surface area contributed by atoms with Crippen molar-refractivity contribution in [2.45, 2.75) is 104 Å². The molecule has 4 nitrogen and oxygen atoms in total. The van der Waals surface area contributed by atoms with Gasteiger partial charge in [-0.1, -0.05) is 52.4 Å². The van der Waals surface area contributed by atoms with Crippen LogP contribution in [0.1, 0.15) is 65.2 Å². The van der Waals surface area contributed by atoms with Crippen molar-refractivity contribution >= 4 is 50.7 Å². The minimum Gasteiger partial charge on any atom is 2.00 e. The number of hydrogen-bond donors (Lipinski definition) is 2. The third kappa shape index (κ3) is 19.3. The molecule has 0 spiro atoms. The number of amides is 2. The molecular weight excluding hydrogens is 635 g/mol. The molecule has 34 heavy (non-hydrogen) atoms. The van der Waals surface area contributed by atoms with Crippen molar-refractivity contribution in [1.82, 2.24) is 6.61 Å². The molecule has 0 aromatic rings. The van der Waals surface area contributed by atoms with Gasteiger partial charge in [-0.2, -0.15) is 12.2 Å². The van der Waals surface area contributed by atoms with E-state index in [2.05, 4.69) is 56.9 Å². The first-order chi connectivity index (χ1) is 15.4. The molecule has 8 heteroatoms. The fraction of sp³-hybridized carbons (Fsp3) is 0.615. The topological polar surface area (TPSA) is 58.2 Å². The molecule has 0 aliphatic heterocycles. The van der Waals surface area contributed by atoms with Crippen LogP contribution in [0.4, 0.5) is 9.59 Å². The predicted octanol–water partition coefficient (Wildman–Crippen LogP) is 7.24. The van der Waals surface area contributed by atoms with Gasteiger partial charge in [0.05, 0.1) is 0 Å². The van der Waals surface area contributed by atoms with E-state index in [-0.39, 0.29) is 37.3 Å². The molecule has 2 N–H and O–H groups in total. The number of nitrogens with one attached hydrogen (secondary N) is 2. The summed E-state index contributed by atoms with van der Waals surface area (Å²) in [6, 6.07) is 0. The fourth-order valence-electron chi connectivity index (χ4n) is 2.71. The second-order valence-electron chi connectivity index (χ2n) is 10.5. The molecule has 2 amide bonds. The second kappa shape index (κ2) is 20.2. The Bertz CT molecular complexity index is 661. The van der Waals surface area contributed by atoms with E-state index in [1.165, 1.54) is 49.7 Å². The molecule has 0 saturated carbocycles. The molecule has 0 saturated heterocycles. The van der Waals surface area contributed by atoms with Gasteiger partial charge in [0.15, 0.2) is 0 Å². The maximum absolute atomic E-state index is 11.6. The molecule has 2 rings (SSSR count). The zero-order chi connectivity index (χ0) is 25.3. The monoisotopic (exact) mass is 680 g/mol. The van der Waals surface area contributed by atoms with Gasteiger partial charge in [0.25, 0.3) is 0 Å². The van der Waals surface area contributed by atoms with Crippen molar-refractivity contribution in [2.75, 3.05) is 0 Å². The normalized spacial score (nSPS) is 13.9. The summed E-state index contributed by atoms with van der Waals surface area (Å²) in [6.07, 6.45) is 25.1. The van der Waals surface area contributed by atoms with Gasteiger partial charge < -0.3 is 0 Å². The van der Waals surface area contributed by atoms with Gasteiger partial charge in [0.2, 0.25) is 0 Å². The van der Waals surface area contributed by atoms with Crippen LogP contribution in [0.5, 0.6) is 0 Å². The molecule has 2 aliphatic rings. The molecule has 0 bridgehead atoms. The van der Waals surface area contributed by atoms with Crippen LogP contribution in [0.3, 0.4) is 0 Å². The van der Waals surface area contributed by atoms with Gasteiger partial charge in [-0.25, -0.2) is 23.3 Å². The zero-order valence-corrected chi connectivity index (χ0v) is 31.5.